The van der Waals surface area contributed by atoms with E-state index >= 15 is 0 Å². The van der Waals surface area contributed by atoms with Crippen LogP contribution in [-0.4, -0.2) is 25.3 Å². The molecule has 2 heteroatoms. The summed E-state index contributed by atoms with van der Waals surface area (Å²) in [4.78, 5) is 0. The number of nitrogens with one attached hydrogen (secondary N) is 1. The van der Waals surface area contributed by atoms with E-state index in [4.69, 9.17) is 4.74 Å². The third-order valence-corrected chi connectivity index (χ3v) is 4.16. The lowest BCUT2D eigenvalue weighted by Gasteiger charge is -2.34. The Morgan fingerprint density at radius 3 is 2.29 bits per heavy atom. The Morgan fingerprint density at radius 1 is 1.18 bits per heavy atom. The number of ether oxygens (including phenoxy) is 1. The van der Waals surface area contributed by atoms with Gasteiger partial charge >= 0.3 is 0 Å². The molecule has 1 rings (SSSR count). The molecule has 0 aromatic heterocycles. The lowest BCUT2D eigenvalue weighted by atomic mass is 9.76. The van der Waals surface area contributed by atoms with Crippen LogP contribution in [0.1, 0.15) is 66.2 Å². The molecule has 17 heavy (non-hydrogen) atoms. The molecule has 1 aliphatic rings. The van der Waals surface area contributed by atoms with Crippen LogP contribution >= 0.6 is 0 Å². The van der Waals surface area contributed by atoms with Gasteiger partial charge in [0.15, 0.2) is 0 Å². The molecule has 0 heterocycles. The first-order valence-electron chi connectivity index (χ1n) is 7.42. The van der Waals surface area contributed by atoms with Crippen molar-refractivity contribution in [3.8, 4) is 0 Å². The second-order valence-corrected chi connectivity index (χ2v) is 6.20. The van der Waals surface area contributed by atoms with Crippen molar-refractivity contribution >= 4 is 0 Å². The van der Waals surface area contributed by atoms with Crippen LogP contribution in [0.3, 0.4) is 0 Å². The van der Waals surface area contributed by atoms with Gasteiger partial charge in [0.2, 0.25) is 0 Å². The molecule has 0 aromatic rings. The zero-order chi connectivity index (χ0) is 12.7. The third kappa shape index (κ3) is 5.87. The minimum absolute atomic E-state index is 0.520. The number of rotatable bonds is 7. The summed E-state index contributed by atoms with van der Waals surface area (Å²) in [5, 5.41) is 3.55. The van der Waals surface area contributed by atoms with Gasteiger partial charge in [-0.3, -0.25) is 0 Å². The highest BCUT2D eigenvalue weighted by Gasteiger charge is 2.26. The average molecular weight is 241 g/mol. The van der Waals surface area contributed by atoms with Gasteiger partial charge < -0.3 is 10.1 Å². The van der Waals surface area contributed by atoms with Gasteiger partial charge in [-0.1, -0.05) is 27.7 Å². The molecule has 1 saturated carbocycles. The van der Waals surface area contributed by atoms with E-state index in [9.17, 15) is 0 Å². The Hall–Kier alpha value is -0.0800. The quantitative estimate of drug-likeness (QED) is 0.685. The molecule has 2 nitrogen and oxygen atoms in total. The Morgan fingerprint density at radius 2 is 1.76 bits per heavy atom. The molecule has 0 radical (unpaired) electrons. The molecule has 0 amide bonds. The maximum atomic E-state index is 5.95. The normalized spacial score (nSPS) is 21.0. The van der Waals surface area contributed by atoms with Crippen LogP contribution in [0, 0.1) is 5.41 Å². The van der Waals surface area contributed by atoms with Crippen LogP contribution in [0.4, 0.5) is 0 Å². The molecule has 102 valence electrons. The predicted octanol–water partition coefficient (Wildman–Crippen LogP) is 3.75. The van der Waals surface area contributed by atoms with Crippen LogP contribution in [0.2, 0.25) is 0 Å². The molecule has 0 aliphatic heterocycles. The molecule has 1 N–H and O–H groups in total. The molecule has 0 atom stereocenters. The third-order valence-electron chi connectivity index (χ3n) is 4.16. The van der Waals surface area contributed by atoms with Crippen LogP contribution in [0.25, 0.3) is 0 Å². The van der Waals surface area contributed by atoms with E-state index in [1.807, 2.05) is 0 Å². The van der Waals surface area contributed by atoms with Crippen molar-refractivity contribution < 1.29 is 4.74 Å². The first-order valence-corrected chi connectivity index (χ1v) is 7.42. The largest absolute Gasteiger partial charge is 0.377 e. The highest BCUT2D eigenvalue weighted by atomic mass is 16.5. The van der Waals surface area contributed by atoms with Gasteiger partial charge in [-0.05, 0) is 43.9 Å². The number of hydrogen-bond acceptors (Lipinski definition) is 2. The monoisotopic (exact) mass is 241 g/mol. The second kappa shape index (κ2) is 7.38. The van der Waals surface area contributed by atoms with E-state index in [0.717, 1.165) is 13.2 Å². The van der Waals surface area contributed by atoms with Gasteiger partial charge in [0.05, 0.1) is 12.7 Å². The van der Waals surface area contributed by atoms with Crippen LogP contribution < -0.4 is 5.32 Å². The summed E-state index contributed by atoms with van der Waals surface area (Å²) in [6.07, 6.45) is 8.08. The standard InChI is InChI=1S/C15H31NO/c1-5-13(6-2)16-11-12-17-14-7-9-15(3,4)10-8-14/h13-14,16H,5-12H2,1-4H3. The lowest BCUT2D eigenvalue weighted by molar-refractivity contribution is 0.00527. The number of hydrogen-bond donors (Lipinski definition) is 1. The van der Waals surface area contributed by atoms with Crippen molar-refractivity contribution in [2.24, 2.45) is 5.41 Å². The summed E-state index contributed by atoms with van der Waals surface area (Å²) in [6, 6.07) is 0.670. The predicted molar refractivity (Wildman–Crippen MR) is 74.4 cm³/mol. The first-order chi connectivity index (χ1) is 8.07. The van der Waals surface area contributed by atoms with E-state index < -0.39 is 0 Å². The van der Waals surface area contributed by atoms with Crippen molar-refractivity contribution in [2.75, 3.05) is 13.2 Å². The first kappa shape index (κ1) is 15.0. The maximum Gasteiger partial charge on any atom is 0.0594 e. The fourth-order valence-corrected chi connectivity index (χ4v) is 2.61. The molecule has 0 aromatic carbocycles. The molecule has 0 bridgehead atoms. The minimum atomic E-state index is 0.520. The minimum Gasteiger partial charge on any atom is -0.377 e. The van der Waals surface area contributed by atoms with E-state index in [0.29, 0.717) is 17.6 Å². The van der Waals surface area contributed by atoms with Gasteiger partial charge in [-0.25, -0.2) is 0 Å². The van der Waals surface area contributed by atoms with Gasteiger partial charge in [-0.2, -0.15) is 0 Å². The van der Waals surface area contributed by atoms with Crippen LogP contribution in [-0.2, 0) is 4.74 Å². The molecule has 1 fully saturated rings. The summed E-state index contributed by atoms with van der Waals surface area (Å²) < 4.78 is 5.95. The van der Waals surface area contributed by atoms with Crippen LogP contribution in [0.5, 0.6) is 0 Å². The fraction of sp³-hybridized carbons (Fsp3) is 1.00. The van der Waals surface area contributed by atoms with E-state index in [1.165, 1.54) is 38.5 Å². The van der Waals surface area contributed by atoms with Crippen molar-refractivity contribution in [3.05, 3.63) is 0 Å². The van der Waals surface area contributed by atoms with Crippen molar-refractivity contribution in [2.45, 2.75) is 78.4 Å². The molecular weight excluding hydrogens is 210 g/mol. The highest BCUT2D eigenvalue weighted by Crippen LogP contribution is 2.35. The molecule has 1 aliphatic carbocycles. The molecule has 0 unspecified atom stereocenters. The zero-order valence-electron chi connectivity index (χ0n) is 12.2. The topological polar surface area (TPSA) is 21.3 Å². The SMILES string of the molecule is CCC(CC)NCCOC1CCC(C)(C)CC1. The fourth-order valence-electron chi connectivity index (χ4n) is 2.61. The Labute approximate surface area is 108 Å². The molecular formula is C15H31NO. The Bertz CT molecular complexity index is 189. The van der Waals surface area contributed by atoms with E-state index in [-0.39, 0.29) is 0 Å². The van der Waals surface area contributed by atoms with Crippen molar-refractivity contribution in [1.82, 2.24) is 5.32 Å². The maximum absolute atomic E-state index is 5.95. The lowest BCUT2D eigenvalue weighted by Crippen LogP contribution is -2.33. The van der Waals surface area contributed by atoms with Gasteiger partial charge in [0, 0.05) is 12.6 Å². The average Bonchev–Trinajstić information content (AvgIpc) is 2.31. The van der Waals surface area contributed by atoms with Gasteiger partial charge in [-0.15, -0.1) is 0 Å². The zero-order valence-corrected chi connectivity index (χ0v) is 12.2. The highest BCUT2D eigenvalue weighted by molar-refractivity contribution is 4.78. The summed E-state index contributed by atoms with van der Waals surface area (Å²) in [6.45, 7) is 11.1. The van der Waals surface area contributed by atoms with E-state index in [1.54, 1.807) is 0 Å². The Kier molecular flexibility index (Phi) is 6.50. The van der Waals surface area contributed by atoms with Crippen LogP contribution in [0.15, 0.2) is 0 Å². The van der Waals surface area contributed by atoms with Gasteiger partial charge in [0.25, 0.3) is 0 Å². The molecule has 0 saturated heterocycles. The second-order valence-electron chi connectivity index (χ2n) is 6.20. The van der Waals surface area contributed by atoms with Crippen molar-refractivity contribution in [1.29, 1.82) is 0 Å². The summed E-state index contributed by atoms with van der Waals surface area (Å²) in [7, 11) is 0. The Balaban J connectivity index is 2.04. The van der Waals surface area contributed by atoms with Crippen molar-refractivity contribution in [3.63, 3.8) is 0 Å². The summed E-state index contributed by atoms with van der Waals surface area (Å²) >= 11 is 0. The smallest absolute Gasteiger partial charge is 0.0594 e. The molecule has 0 spiro atoms. The summed E-state index contributed by atoms with van der Waals surface area (Å²) in [5.41, 5.74) is 0.549. The van der Waals surface area contributed by atoms with Gasteiger partial charge in [0.1, 0.15) is 0 Å². The van der Waals surface area contributed by atoms with E-state index in [2.05, 4.69) is 33.0 Å². The summed E-state index contributed by atoms with van der Waals surface area (Å²) in [5.74, 6) is 0.